The highest BCUT2D eigenvalue weighted by molar-refractivity contribution is 7.89. The summed E-state index contributed by atoms with van der Waals surface area (Å²) in [5.74, 6) is 0.258. The molecule has 7 heteroatoms. The van der Waals surface area contributed by atoms with Crippen LogP contribution in [0, 0.1) is 12.8 Å². The van der Waals surface area contributed by atoms with Crippen LogP contribution in [-0.2, 0) is 10.0 Å². The highest BCUT2D eigenvalue weighted by atomic mass is 35.5. The second-order valence-electron chi connectivity index (χ2n) is 5.27. The van der Waals surface area contributed by atoms with Gasteiger partial charge in [0.2, 0.25) is 10.0 Å². The molecule has 0 aliphatic rings. The zero-order valence-corrected chi connectivity index (χ0v) is 13.4. The molecule has 0 heterocycles. The van der Waals surface area contributed by atoms with E-state index < -0.39 is 16.1 Å². The Kier molecular flexibility index (Phi) is 5.82. The maximum Gasteiger partial charge on any atom is 0.242 e. The third-order valence-electron chi connectivity index (χ3n) is 2.91. The molecule has 4 N–H and O–H groups in total. The molecule has 0 saturated heterocycles. The van der Waals surface area contributed by atoms with Crippen molar-refractivity contribution in [1.29, 1.82) is 0 Å². The van der Waals surface area contributed by atoms with E-state index in [-0.39, 0.29) is 22.4 Å². The average molecular weight is 321 g/mol. The summed E-state index contributed by atoms with van der Waals surface area (Å²) in [7, 11) is -3.81. The molecule has 0 fully saturated rings. The number of aryl methyl sites for hydroxylation is 1. The van der Waals surface area contributed by atoms with Crippen molar-refractivity contribution in [3.05, 3.63) is 22.7 Å². The van der Waals surface area contributed by atoms with Gasteiger partial charge in [-0.2, -0.15) is 0 Å². The van der Waals surface area contributed by atoms with E-state index >= 15 is 0 Å². The van der Waals surface area contributed by atoms with Gasteiger partial charge in [-0.15, -0.1) is 0 Å². The van der Waals surface area contributed by atoms with Gasteiger partial charge in [-0.05, 0) is 37.0 Å². The van der Waals surface area contributed by atoms with E-state index in [1.54, 1.807) is 6.92 Å². The van der Waals surface area contributed by atoms with Crippen LogP contribution in [0.4, 0.5) is 5.69 Å². The summed E-state index contributed by atoms with van der Waals surface area (Å²) in [6.07, 6.45) is 0.536. The molecule has 1 atom stereocenters. The number of aliphatic hydroxyl groups excluding tert-OH is 1. The first-order chi connectivity index (χ1) is 9.17. The molecule has 0 amide bonds. The third kappa shape index (κ3) is 4.34. The number of benzene rings is 1. The summed E-state index contributed by atoms with van der Waals surface area (Å²) in [4.78, 5) is -0.0653. The molecule has 0 radical (unpaired) electrons. The van der Waals surface area contributed by atoms with Crippen molar-refractivity contribution >= 4 is 27.3 Å². The number of halogens is 1. The lowest BCUT2D eigenvalue weighted by Crippen LogP contribution is -2.38. The first kappa shape index (κ1) is 17.2. The number of nitrogens with two attached hydrogens (primary N) is 1. The molecule has 1 rings (SSSR count). The van der Waals surface area contributed by atoms with Crippen LogP contribution in [-0.4, -0.2) is 26.2 Å². The van der Waals surface area contributed by atoms with Crippen molar-refractivity contribution in [2.75, 3.05) is 12.3 Å². The van der Waals surface area contributed by atoms with Crippen LogP contribution in [0.15, 0.2) is 17.0 Å². The SMILES string of the molecule is Cc1cc(Cl)c(S(=O)(=O)NC(CO)CC(C)C)cc1N. The summed E-state index contributed by atoms with van der Waals surface area (Å²) in [5.41, 5.74) is 6.81. The molecule has 0 saturated carbocycles. The lowest BCUT2D eigenvalue weighted by atomic mass is 10.1. The van der Waals surface area contributed by atoms with E-state index in [0.29, 0.717) is 12.1 Å². The Hall–Kier alpha value is -0.820. The predicted octanol–water partition coefficient (Wildman–Crippen LogP) is 1.92. The number of hydrogen-bond donors (Lipinski definition) is 3. The fourth-order valence-corrected chi connectivity index (χ4v) is 3.74. The average Bonchev–Trinajstić information content (AvgIpc) is 2.31. The molecule has 0 aromatic heterocycles. The van der Waals surface area contributed by atoms with Crippen molar-refractivity contribution in [1.82, 2.24) is 4.72 Å². The van der Waals surface area contributed by atoms with Gasteiger partial charge >= 0.3 is 0 Å². The fraction of sp³-hybridized carbons (Fsp3) is 0.538. The monoisotopic (exact) mass is 320 g/mol. The zero-order chi connectivity index (χ0) is 15.5. The number of aliphatic hydroxyl groups is 1. The highest BCUT2D eigenvalue weighted by Gasteiger charge is 2.23. The number of hydrogen-bond acceptors (Lipinski definition) is 4. The van der Waals surface area contributed by atoms with Gasteiger partial charge in [-0.1, -0.05) is 25.4 Å². The molecule has 1 aromatic rings. The molecular formula is C13H21ClN2O3S. The van der Waals surface area contributed by atoms with Gasteiger partial charge in [0.05, 0.1) is 11.6 Å². The maximum atomic E-state index is 12.3. The van der Waals surface area contributed by atoms with E-state index in [1.165, 1.54) is 12.1 Å². The summed E-state index contributed by atoms with van der Waals surface area (Å²) in [6, 6.07) is 2.31. The second kappa shape index (κ2) is 6.76. The van der Waals surface area contributed by atoms with Gasteiger partial charge in [0.15, 0.2) is 0 Å². The number of nitrogens with one attached hydrogen (secondary N) is 1. The first-order valence-corrected chi connectivity index (χ1v) is 8.22. The first-order valence-electron chi connectivity index (χ1n) is 6.36. The Morgan fingerprint density at radius 2 is 2.00 bits per heavy atom. The molecule has 20 heavy (non-hydrogen) atoms. The summed E-state index contributed by atoms with van der Waals surface area (Å²) in [6.45, 7) is 5.39. The van der Waals surface area contributed by atoms with Gasteiger partial charge < -0.3 is 10.8 Å². The molecule has 0 aliphatic carbocycles. The molecular weight excluding hydrogens is 300 g/mol. The quantitative estimate of drug-likeness (QED) is 0.698. The van der Waals surface area contributed by atoms with Crippen molar-refractivity contribution < 1.29 is 13.5 Å². The molecule has 114 valence electrons. The van der Waals surface area contributed by atoms with Crippen LogP contribution >= 0.6 is 11.6 Å². The molecule has 0 bridgehead atoms. The van der Waals surface area contributed by atoms with Crippen molar-refractivity contribution in [3.8, 4) is 0 Å². The molecule has 1 unspecified atom stereocenters. The van der Waals surface area contributed by atoms with Gasteiger partial charge in [0, 0.05) is 11.7 Å². The summed E-state index contributed by atoms with van der Waals surface area (Å²) < 4.78 is 27.1. The topological polar surface area (TPSA) is 92.4 Å². The Balaban J connectivity index is 3.08. The van der Waals surface area contributed by atoms with E-state index in [4.69, 9.17) is 17.3 Å². The molecule has 1 aromatic carbocycles. The Morgan fingerprint density at radius 3 is 2.50 bits per heavy atom. The van der Waals surface area contributed by atoms with Crippen molar-refractivity contribution in [3.63, 3.8) is 0 Å². The van der Waals surface area contributed by atoms with Gasteiger partial charge in [-0.3, -0.25) is 0 Å². The van der Waals surface area contributed by atoms with Crippen molar-refractivity contribution in [2.24, 2.45) is 5.92 Å². The van der Waals surface area contributed by atoms with E-state index in [2.05, 4.69) is 4.72 Å². The summed E-state index contributed by atoms with van der Waals surface area (Å²) >= 11 is 5.98. The third-order valence-corrected chi connectivity index (χ3v) is 4.89. The second-order valence-corrected chi connectivity index (χ2v) is 7.36. The normalized spacial score (nSPS) is 13.7. The maximum absolute atomic E-state index is 12.3. The standard InChI is InChI=1S/C13H21ClN2O3S/c1-8(2)4-10(7-17)16-20(18,19)13-6-12(15)9(3)5-11(13)14/h5-6,8,10,16-17H,4,7,15H2,1-3H3. The number of sulfonamides is 1. The highest BCUT2D eigenvalue weighted by Crippen LogP contribution is 2.27. The number of rotatable bonds is 6. The minimum Gasteiger partial charge on any atom is -0.398 e. The van der Waals surface area contributed by atoms with Crippen LogP contribution in [0.25, 0.3) is 0 Å². The Labute approximate surface area is 125 Å². The minimum absolute atomic E-state index is 0.0653. The summed E-state index contributed by atoms with van der Waals surface area (Å²) in [5, 5.41) is 9.38. The smallest absolute Gasteiger partial charge is 0.242 e. The number of anilines is 1. The molecule has 0 spiro atoms. The van der Waals surface area contributed by atoms with E-state index in [0.717, 1.165) is 5.56 Å². The molecule has 5 nitrogen and oxygen atoms in total. The number of nitrogen functional groups attached to an aromatic ring is 1. The fourth-order valence-electron chi connectivity index (χ4n) is 1.89. The van der Waals surface area contributed by atoms with E-state index in [9.17, 15) is 13.5 Å². The van der Waals surface area contributed by atoms with Gasteiger partial charge in [0.1, 0.15) is 4.90 Å². The van der Waals surface area contributed by atoms with Crippen LogP contribution in [0.3, 0.4) is 0 Å². The Morgan fingerprint density at radius 1 is 1.40 bits per heavy atom. The van der Waals surface area contributed by atoms with Crippen LogP contribution in [0.1, 0.15) is 25.8 Å². The van der Waals surface area contributed by atoms with Gasteiger partial charge in [0.25, 0.3) is 0 Å². The van der Waals surface area contributed by atoms with E-state index in [1.807, 2.05) is 13.8 Å². The van der Waals surface area contributed by atoms with Crippen molar-refractivity contribution in [2.45, 2.75) is 38.1 Å². The Bertz CT molecular complexity index is 573. The van der Waals surface area contributed by atoms with Crippen LogP contribution in [0.2, 0.25) is 5.02 Å². The van der Waals surface area contributed by atoms with Crippen LogP contribution in [0.5, 0.6) is 0 Å². The molecule has 0 aliphatic heterocycles. The lowest BCUT2D eigenvalue weighted by Gasteiger charge is -2.19. The predicted molar refractivity (Wildman–Crippen MR) is 81.3 cm³/mol. The lowest BCUT2D eigenvalue weighted by molar-refractivity contribution is 0.240. The van der Waals surface area contributed by atoms with Gasteiger partial charge in [-0.25, -0.2) is 13.1 Å². The zero-order valence-electron chi connectivity index (χ0n) is 11.9. The van der Waals surface area contributed by atoms with Crippen LogP contribution < -0.4 is 10.5 Å². The largest absolute Gasteiger partial charge is 0.398 e. The minimum atomic E-state index is -3.81.